The number of rotatable bonds is 6. The van der Waals surface area contributed by atoms with Crippen LogP contribution in [0.5, 0.6) is 5.75 Å². The minimum atomic E-state index is -3.74. The molecule has 7 nitrogen and oxygen atoms in total. The molecule has 35 heavy (non-hydrogen) atoms. The summed E-state index contributed by atoms with van der Waals surface area (Å²) in [6.07, 6.45) is 2.95. The molecule has 2 aromatic carbocycles. The van der Waals surface area contributed by atoms with Gasteiger partial charge in [0.15, 0.2) is 5.76 Å². The van der Waals surface area contributed by atoms with E-state index in [4.69, 9.17) is 9.26 Å². The summed E-state index contributed by atoms with van der Waals surface area (Å²) in [6, 6.07) is 13.8. The van der Waals surface area contributed by atoms with Crippen LogP contribution in [0.4, 0.5) is 0 Å². The van der Waals surface area contributed by atoms with Gasteiger partial charge in [0.25, 0.3) is 0 Å². The molecule has 0 N–H and O–H groups in total. The molecule has 1 saturated heterocycles. The number of sulfonamides is 1. The lowest BCUT2D eigenvalue weighted by molar-refractivity contribution is 0.167. The maximum Gasteiger partial charge on any atom is 0.246 e. The van der Waals surface area contributed by atoms with E-state index < -0.39 is 10.0 Å². The van der Waals surface area contributed by atoms with Gasteiger partial charge in [-0.25, -0.2) is 8.42 Å². The predicted molar refractivity (Wildman–Crippen MR) is 135 cm³/mol. The molecule has 1 atom stereocenters. The van der Waals surface area contributed by atoms with Crippen molar-refractivity contribution in [1.82, 2.24) is 14.4 Å². The monoisotopic (exact) mass is 495 g/mol. The summed E-state index contributed by atoms with van der Waals surface area (Å²) in [5, 5.41) is 4.03. The second-order valence-corrected chi connectivity index (χ2v) is 11.6. The fourth-order valence-corrected chi connectivity index (χ4v) is 7.05. The minimum absolute atomic E-state index is 0.179. The number of benzene rings is 2. The summed E-state index contributed by atoms with van der Waals surface area (Å²) in [6.45, 7) is 7.71. The highest BCUT2D eigenvalue weighted by molar-refractivity contribution is 7.89. The lowest BCUT2D eigenvalue weighted by atomic mass is 9.95. The Hall–Kier alpha value is -2.68. The fraction of sp³-hybridized carbons (Fsp3) is 0.444. The molecule has 0 amide bonds. The first-order valence-corrected chi connectivity index (χ1v) is 13.7. The van der Waals surface area contributed by atoms with Crippen molar-refractivity contribution in [2.45, 2.75) is 44.6 Å². The van der Waals surface area contributed by atoms with Crippen molar-refractivity contribution in [3.63, 3.8) is 0 Å². The standard InChI is InChI=1S/C27H33N3O4S/c1-19-20(2)28-34-27(19)23-10-11-25(33-3)26(15-23)35(31,32)30-13-6-7-21(17-30)16-29-14-12-22-8-4-5-9-24(22)18-29/h4-5,8-11,15,21H,6-7,12-14,16-18H2,1-3H3/t21-/m1/s1. The van der Waals surface area contributed by atoms with Crippen LogP contribution in [0, 0.1) is 19.8 Å². The zero-order valence-corrected chi connectivity index (χ0v) is 21.5. The van der Waals surface area contributed by atoms with Gasteiger partial charge in [0.05, 0.1) is 12.8 Å². The molecule has 0 radical (unpaired) electrons. The Kier molecular flexibility index (Phi) is 6.70. The van der Waals surface area contributed by atoms with E-state index in [0.717, 1.165) is 50.2 Å². The number of aromatic nitrogens is 1. The molecule has 8 heteroatoms. The van der Waals surface area contributed by atoms with Gasteiger partial charge in [-0.05, 0) is 68.4 Å². The topological polar surface area (TPSA) is 75.9 Å². The molecule has 3 heterocycles. The first-order valence-electron chi connectivity index (χ1n) is 12.3. The van der Waals surface area contributed by atoms with Crippen LogP contribution in [-0.2, 0) is 23.0 Å². The van der Waals surface area contributed by atoms with Gasteiger partial charge in [-0.15, -0.1) is 0 Å². The van der Waals surface area contributed by atoms with Gasteiger partial charge in [-0.2, -0.15) is 4.31 Å². The summed E-state index contributed by atoms with van der Waals surface area (Å²) in [5.74, 6) is 1.23. The lowest BCUT2D eigenvalue weighted by Crippen LogP contribution is -2.44. The van der Waals surface area contributed by atoms with Gasteiger partial charge in [0, 0.05) is 43.9 Å². The summed E-state index contributed by atoms with van der Waals surface area (Å²) in [7, 11) is -2.23. The van der Waals surface area contributed by atoms with Crippen LogP contribution in [-0.4, -0.2) is 56.1 Å². The molecule has 0 aliphatic carbocycles. The third-order valence-corrected chi connectivity index (χ3v) is 9.29. The number of hydrogen-bond acceptors (Lipinski definition) is 6. The van der Waals surface area contributed by atoms with E-state index in [0.29, 0.717) is 36.1 Å². The second kappa shape index (κ2) is 9.76. The minimum Gasteiger partial charge on any atom is -0.495 e. The Morgan fingerprint density at radius 2 is 1.91 bits per heavy atom. The quantitative estimate of drug-likeness (QED) is 0.504. The summed E-state index contributed by atoms with van der Waals surface area (Å²) in [4.78, 5) is 2.65. The first-order chi connectivity index (χ1) is 16.9. The average molecular weight is 496 g/mol. The van der Waals surface area contributed by atoms with Gasteiger partial charge >= 0.3 is 0 Å². The molecular formula is C27H33N3O4S. The number of ether oxygens (including phenoxy) is 1. The SMILES string of the molecule is COc1ccc(-c2onc(C)c2C)cc1S(=O)(=O)N1CCC[C@H](CN2CCc3ccccc3C2)C1. The number of hydrogen-bond donors (Lipinski definition) is 0. The third-order valence-electron chi connectivity index (χ3n) is 7.41. The van der Waals surface area contributed by atoms with Gasteiger partial charge in [0.1, 0.15) is 10.6 Å². The van der Waals surface area contributed by atoms with Crippen molar-refractivity contribution >= 4 is 10.0 Å². The Balaban J connectivity index is 1.36. The van der Waals surface area contributed by atoms with Gasteiger partial charge < -0.3 is 9.26 Å². The summed E-state index contributed by atoms with van der Waals surface area (Å²) >= 11 is 0. The lowest BCUT2D eigenvalue weighted by Gasteiger charge is -2.37. The van der Waals surface area contributed by atoms with Crippen molar-refractivity contribution in [1.29, 1.82) is 0 Å². The molecule has 2 aliphatic rings. The largest absolute Gasteiger partial charge is 0.495 e. The van der Waals surface area contributed by atoms with Crippen LogP contribution in [0.2, 0.25) is 0 Å². The maximum atomic E-state index is 13.8. The Morgan fingerprint density at radius 1 is 1.11 bits per heavy atom. The highest BCUT2D eigenvalue weighted by Crippen LogP contribution is 2.35. The second-order valence-electron chi connectivity index (χ2n) is 9.71. The van der Waals surface area contributed by atoms with Crippen LogP contribution < -0.4 is 4.74 Å². The molecule has 186 valence electrons. The molecule has 0 unspecified atom stereocenters. The number of aryl methyl sites for hydroxylation is 1. The molecule has 0 bridgehead atoms. The van der Waals surface area contributed by atoms with Crippen molar-refractivity contribution in [2.24, 2.45) is 5.92 Å². The van der Waals surface area contributed by atoms with E-state index in [1.807, 2.05) is 19.9 Å². The number of fused-ring (bicyclic) bond motifs is 1. The van der Waals surface area contributed by atoms with Crippen LogP contribution in [0.1, 0.15) is 35.2 Å². The Labute approximate surface area is 207 Å². The highest BCUT2D eigenvalue weighted by Gasteiger charge is 2.34. The van der Waals surface area contributed by atoms with Crippen LogP contribution in [0.3, 0.4) is 0 Å². The van der Waals surface area contributed by atoms with Crippen molar-refractivity contribution in [3.8, 4) is 17.1 Å². The van der Waals surface area contributed by atoms with Gasteiger partial charge in [0.2, 0.25) is 10.0 Å². The van der Waals surface area contributed by atoms with E-state index in [1.54, 1.807) is 16.4 Å². The average Bonchev–Trinajstić information content (AvgIpc) is 3.21. The Morgan fingerprint density at radius 3 is 2.66 bits per heavy atom. The van der Waals surface area contributed by atoms with E-state index in [-0.39, 0.29) is 4.90 Å². The summed E-state index contributed by atoms with van der Waals surface area (Å²) < 4.78 is 40.3. The number of nitrogens with zero attached hydrogens (tertiary/aromatic N) is 3. The predicted octanol–water partition coefficient (Wildman–Crippen LogP) is 4.43. The third kappa shape index (κ3) is 4.75. The van der Waals surface area contributed by atoms with Gasteiger partial charge in [-0.1, -0.05) is 29.4 Å². The van der Waals surface area contributed by atoms with Crippen LogP contribution in [0.25, 0.3) is 11.3 Å². The zero-order valence-electron chi connectivity index (χ0n) is 20.7. The van der Waals surface area contributed by atoms with Crippen molar-refractivity contribution in [3.05, 3.63) is 64.8 Å². The molecule has 2 aliphatic heterocycles. The smallest absolute Gasteiger partial charge is 0.246 e. The molecular weight excluding hydrogens is 462 g/mol. The fourth-order valence-electron chi connectivity index (χ4n) is 5.31. The Bertz CT molecular complexity index is 1320. The van der Waals surface area contributed by atoms with E-state index in [1.165, 1.54) is 18.2 Å². The normalized spacial score (nSPS) is 19.5. The van der Waals surface area contributed by atoms with E-state index in [2.05, 4.69) is 34.3 Å². The molecule has 1 fully saturated rings. The number of piperidine rings is 1. The molecule has 1 aromatic heterocycles. The molecule has 0 saturated carbocycles. The molecule has 3 aromatic rings. The van der Waals surface area contributed by atoms with Crippen molar-refractivity contribution < 1.29 is 17.7 Å². The number of methoxy groups -OCH3 is 1. The maximum absolute atomic E-state index is 13.8. The van der Waals surface area contributed by atoms with E-state index in [9.17, 15) is 8.42 Å². The highest BCUT2D eigenvalue weighted by atomic mass is 32.2. The van der Waals surface area contributed by atoms with Gasteiger partial charge in [-0.3, -0.25) is 4.90 Å². The molecule has 5 rings (SSSR count). The van der Waals surface area contributed by atoms with E-state index >= 15 is 0 Å². The summed E-state index contributed by atoms with van der Waals surface area (Å²) in [5.41, 5.74) is 5.20. The van der Waals surface area contributed by atoms with Crippen LogP contribution in [0.15, 0.2) is 51.9 Å². The zero-order chi connectivity index (χ0) is 24.6. The van der Waals surface area contributed by atoms with Crippen molar-refractivity contribution in [2.75, 3.05) is 33.3 Å². The van der Waals surface area contributed by atoms with Crippen LogP contribution >= 0.6 is 0 Å². The molecule has 0 spiro atoms. The first kappa shape index (κ1) is 24.0.